The lowest BCUT2D eigenvalue weighted by Gasteiger charge is -2.12. The number of carbonyl (C=O) groups excluding carboxylic acids is 1. The maximum absolute atomic E-state index is 11.8. The number of rotatable bonds is 6. The maximum atomic E-state index is 11.8. The Hall–Kier alpha value is -2.03. The van der Waals surface area contributed by atoms with Crippen molar-refractivity contribution < 1.29 is 9.53 Å². The van der Waals surface area contributed by atoms with Gasteiger partial charge in [0.15, 0.2) is 0 Å². The highest BCUT2D eigenvalue weighted by Crippen LogP contribution is 2.15. The van der Waals surface area contributed by atoms with Crippen LogP contribution >= 0.6 is 0 Å². The molecule has 0 fully saturated rings. The van der Waals surface area contributed by atoms with Crippen molar-refractivity contribution in [2.75, 3.05) is 11.9 Å². The second kappa shape index (κ2) is 7.33. The molecule has 0 aliphatic rings. The first-order valence-corrected chi connectivity index (χ1v) is 5.98. The Bertz CT molecular complexity index is 435. The van der Waals surface area contributed by atoms with E-state index in [4.69, 9.17) is 4.74 Å². The van der Waals surface area contributed by atoms with Crippen LogP contribution in [0.1, 0.15) is 20.3 Å². The quantitative estimate of drug-likeness (QED) is 0.473. The molecule has 0 heterocycles. The Morgan fingerprint density at radius 1 is 1.39 bits per heavy atom. The fraction of sp³-hybridized carbons (Fsp3) is 0.267. The van der Waals surface area contributed by atoms with E-state index in [0.717, 1.165) is 11.4 Å². The minimum absolute atomic E-state index is 0.293. The van der Waals surface area contributed by atoms with Gasteiger partial charge >= 0.3 is 5.97 Å². The van der Waals surface area contributed by atoms with Crippen LogP contribution in [0.15, 0.2) is 54.3 Å². The molecule has 0 aliphatic carbocycles. The Morgan fingerprint density at radius 2 is 2.06 bits per heavy atom. The number of allylic oxidation sites excluding steroid dienone is 2. The standard InChI is InChI=1S/C15H19NO2/c1-4-9-14(15(17)18-5-2)12(3)16-13-10-7-6-8-11-13/h4,6-8,10-11,16H,1,5,9H2,2-3H3/b14-12-. The van der Waals surface area contributed by atoms with E-state index in [-0.39, 0.29) is 5.97 Å². The predicted octanol–water partition coefficient (Wildman–Crippen LogP) is 3.51. The van der Waals surface area contributed by atoms with Crippen molar-refractivity contribution in [2.24, 2.45) is 0 Å². The summed E-state index contributed by atoms with van der Waals surface area (Å²) in [5, 5.41) is 3.20. The van der Waals surface area contributed by atoms with E-state index in [9.17, 15) is 4.79 Å². The summed E-state index contributed by atoms with van der Waals surface area (Å²) in [4.78, 5) is 11.8. The third kappa shape index (κ3) is 4.09. The molecule has 0 amide bonds. The zero-order valence-corrected chi connectivity index (χ0v) is 10.9. The molecule has 0 saturated heterocycles. The smallest absolute Gasteiger partial charge is 0.336 e. The van der Waals surface area contributed by atoms with Gasteiger partial charge in [-0.3, -0.25) is 0 Å². The van der Waals surface area contributed by atoms with Crippen LogP contribution < -0.4 is 5.32 Å². The van der Waals surface area contributed by atoms with Crippen molar-refractivity contribution in [3.05, 3.63) is 54.3 Å². The summed E-state index contributed by atoms with van der Waals surface area (Å²) in [5.41, 5.74) is 2.34. The Morgan fingerprint density at radius 3 is 2.61 bits per heavy atom. The van der Waals surface area contributed by atoms with E-state index < -0.39 is 0 Å². The molecule has 0 unspecified atom stereocenters. The molecular weight excluding hydrogens is 226 g/mol. The van der Waals surface area contributed by atoms with E-state index in [2.05, 4.69) is 11.9 Å². The van der Waals surface area contributed by atoms with Gasteiger partial charge in [0, 0.05) is 11.4 Å². The average molecular weight is 245 g/mol. The molecule has 1 aromatic rings. The fourth-order valence-corrected chi connectivity index (χ4v) is 1.57. The molecule has 0 spiro atoms. The zero-order valence-electron chi connectivity index (χ0n) is 10.9. The van der Waals surface area contributed by atoms with Gasteiger partial charge in [0.25, 0.3) is 0 Å². The number of hydrogen-bond acceptors (Lipinski definition) is 3. The van der Waals surface area contributed by atoms with Crippen molar-refractivity contribution in [3.8, 4) is 0 Å². The molecule has 3 heteroatoms. The Kier molecular flexibility index (Phi) is 5.71. The molecule has 0 radical (unpaired) electrons. The topological polar surface area (TPSA) is 38.3 Å². The van der Waals surface area contributed by atoms with Crippen LogP contribution in [-0.4, -0.2) is 12.6 Å². The van der Waals surface area contributed by atoms with Crippen LogP contribution in [0.5, 0.6) is 0 Å². The molecule has 0 saturated carbocycles. The summed E-state index contributed by atoms with van der Waals surface area (Å²) in [5.74, 6) is -0.293. The van der Waals surface area contributed by atoms with Crippen molar-refractivity contribution in [1.29, 1.82) is 0 Å². The number of hydrogen-bond donors (Lipinski definition) is 1. The molecule has 1 rings (SSSR count). The molecule has 0 aliphatic heterocycles. The number of esters is 1. The molecular formula is C15H19NO2. The third-order valence-corrected chi connectivity index (χ3v) is 2.43. The SMILES string of the molecule is C=CC/C(C(=O)OCC)=C(\C)Nc1ccccc1. The van der Waals surface area contributed by atoms with Gasteiger partial charge in [-0.2, -0.15) is 0 Å². The van der Waals surface area contributed by atoms with Crippen LogP contribution in [0.2, 0.25) is 0 Å². The highest BCUT2D eigenvalue weighted by Gasteiger charge is 2.12. The first-order chi connectivity index (χ1) is 8.69. The Balaban J connectivity index is 2.89. The van der Waals surface area contributed by atoms with Gasteiger partial charge < -0.3 is 10.1 Å². The van der Waals surface area contributed by atoms with E-state index in [0.29, 0.717) is 18.6 Å². The summed E-state index contributed by atoms with van der Waals surface area (Å²) < 4.78 is 5.03. The zero-order chi connectivity index (χ0) is 13.4. The first kappa shape index (κ1) is 14.0. The fourth-order valence-electron chi connectivity index (χ4n) is 1.57. The molecule has 18 heavy (non-hydrogen) atoms. The van der Waals surface area contributed by atoms with Crippen LogP contribution in [0.25, 0.3) is 0 Å². The van der Waals surface area contributed by atoms with Crippen molar-refractivity contribution in [3.63, 3.8) is 0 Å². The molecule has 0 bridgehead atoms. The van der Waals surface area contributed by atoms with E-state index >= 15 is 0 Å². The lowest BCUT2D eigenvalue weighted by atomic mass is 10.1. The van der Waals surface area contributed by atoms with Crippen molar-refractivity contribution >= 4 is 11.7 Å². The van der Waals surface area contributed by atoms with E-state index in [1.807, 2.05) is 37.3 Å². The van der Waals surface area contributed by atoms with Gasteiger partial charge in [-0.25, -0.2) is 4.79 Å². The second-order valence-corrected chi connectivity index (χ2v) is 3.81. The van der Waals surface area contributed by atoms with E-state index in [1.54, 1.807) is 13.0 Å². The summed E-state index contributed by atoms with van der Waals surface area (Å²) in [6.45, 7) is 7.69. The minimum Gasteiger partial charge on any atom is -0.463 e. The summed E-state index contributed by atoms with van der Waals surface area (Å²) >= 11 is 0. The monoisotopic (exact) mass is 245 g/mol. The lowest BCUT2D eigenvalue weighted by Crippen LogP contribution is -2.12. The number of anilines is 1. The van der Waals surface area contributed by atoms with Gasteiger partial charge in [-0.1, -0.05) is 24.3 Å². The number of carbonyl (C=O) groups is 1. The average Bonchev–Trinajstić information content (AvgIpc) is 2.37. The summed E-state index contributed by atoms with van der Waals surface area (Å²) in [6.07, 6.45) is 2.19. The minimum atomic E-state index is -0.293. The van der Waals surface area contributed by atoms with Gasteiger partial charge in [-0.05, 0) is 32.4 Å². The molecule has 3 nitrogen and oxygen atoms in total. The van der Waals surface area contributed by atoms with E-state index in [1.165, 1.54) is 0 Å². The van der Waals surface area contributed by atoms with Gasteiger partial charge in [0.05, 0.1) is 12.2 Å². The number of para-hydroxylation sites is 1. The van der Waals surface area contributed by atoms with Crippen LogP contribution in [-0.2, 0) is 9.53 Å². The molecule has 0 aromatic heterocycles. The highest BCUT2D eigenvalue weighted by molar-refractivity contribution is 5.90. The van der Waals surface area contributed by atoms with Crippen LogP contribution in [0, 0.1) is 0 Å². The van der Waals surface area contributed by atoms with Crippen LogP contribution in [0.4, 0.5) is 5.69 Å². The van der Waals surface area contributed by atoms with Gasteiger partial charge in [0.2, 0.25) is 0 Å². The lowest BCUT2D eigenvalue weighted by molar-refractivity contribution is -0.138. The highest BCUT2D eigenvalue weighted by atomic mass is 16.5. The first-order valence-electron chi connectivity index (χ1n) is 5.98. The number of nitrogens with one attached hydrogen (secondary N) is 1. The maximum Gasteiger partial charge on any atom is 0.336 e. The van der Waals surface area contributed by atoms with Crippen LogP contribution in [0.3, 0.4) is 0 Å². The second-order valence-electron chi connectivity index (χ2n) is 3.81. The van der Waals surface area contributed by atoms with Gasteiger partial charge in [-0.15, -0.1) is 6.58 Å². The molecule has 0 atom stereocenters. The largest absolute Gasteiger partial charge is 0.463 e. The normalized spacial score (nSPS) is 11.4. The number of ether oxygens (including phenoxy) is 1. The predicted molar refractivity (Wildman–Crippen MR) is 74.2 cm³/mol. The molecule has 1 N–H and O–H groups in total. The Labute approximate surface area is 108 Å². The summed E-state index contributed by atoms with van der Waals surface area (Å²) in [7, 11) is 0. The molecule has 96 valence electrons. The van der Waals surface area contributed by atoms with Crippen molar-refractivity contribution in [2.45, 2.75) is 20.3 Å². The number of benzene rings is 1. The van der Waals surface area contributed by atoms with Crippen molar-refractivity contribution in [1.82, 2.24) is 0 Å². The molecule has 1 aromatic carbocycles. The summed E-state index contributed by atoms with van der Waals surface area (Å²) in [6, 6.07) is 9.71. The van der Waals surface area contributed by atoms with Gasteiger partial charge in [0.1, 0.15) is 0 Å². The third-order valence-electron chi connectivity index (χ3n) is 2.43.